The maximum absolute atomic E-state index is 14.9. The first-order valence-electron chi connectivity index (χ1n) is 29.4. The number of aliphatic hydroxyl groups is 5. The summed E-state index contributed by atoms with van der Waals surface area (Å²) in [7, 11) is 3.09. The number of carbonyl (C=O) groups is 2. The molecule has 1 amide bonds. The van der Waals surface area contributed by atoms with Gasteiger partial charge in [-0.2, -0.15) is 0 Å². The van der Waals surface area contributed by atoms with Crippen molar-refractivity contribution >= 4 is 69.9 Å². The molecule has 0 saturated carbocycles. The van der Waals surface area contributed by atoms with Gasteiger partial charge in [-0.25, -0.2) is 0 Å². The van der Waals surface area contributed by atoms with Gasteiger partial charge in [-0.15, -0.1) is 0 Å². The van der Waals surface area contributed by atoms with Crippen LogP contribution in [0.1, 0.15) is 133 Å². The lowest BCUT2D eigenvalue weighted by Crippen LogP contribution is -2.61. The van der Waals surface area contributed by atoms with Crippen molar-refractivity contribution in [2.24, 2.45) is 23.7 Å². The molecule has 18 heteroatoms. The predicted octanol–water partition coefficient (Wildman–Crippen LogP) is 9.37. The van der Waals surface area contributed by atoms with Gasteiger partial charge in [0.25, 0.3) is 0 Å². The standard InChI is InChI=1S/C63H95Cl3N2O12P/c1-14-52-63(10,75)56(71)42(6)68(53(69)20-18-16-15-17-19-33-81(47-27-21-44(64)22-28-47,48-29-23-45(65)24-30-48)49-31-25-46(66)26-32-49)37-38(2)35-61(8,74)58(80-60-55(70)50(67(11)12)34-39(3)77-60)40(4)54(41(5)59(73)79-52)51-36-62(9,76-13)57(72)43(7)78-51/h21-32,38-43,50-52,54-58,60,70-72,74-75H,14-20,33-37H2,1-13H3/q+1/t38-,39-,40+,41-,42-,43+,50+,51?,52-,54+,55-,56-,57+,58-,60+,61-,62-,63-/m1/s1. The molecule has 6 rings (SSSR count). The third-order valence-corrected chi connectivity index (χ3v) is 23.6. The molecule has 3 aliphatic heterocycles. The number of esters is 1. The summed E-state index contributed by atoms with van der Waals surface area (Å²) in [5.74, 6) is -3.80. The zero-order valence-corrected chi connectivity index (χ0v) is 53.3. The topological polar surface area (TPSA) is 188 Å². The second-order valence-corrected chi connectivity index (χ2v) is 29.8. The number of ether oxygens (including phenoxy) is 5. The van der Waals surface area contributed by atoms with Gasteiger partial charge in [-0.1, -0.05) is 75.3 Å². The van der Waals surface area contributed by atoms with Crippen molar-refractivity contribution in [3.05, 3.63) is 87.9 Å². The number of amides is 1. The molecule has 3 heterocycles. The van der Waals surface area contributed by atoms with Crippen LogP contribution in [-0.2, 0) is 33.3 Å². The highest BCUT2D eigenvalue weighted by molar-refractivity contribution is 7.95. The summed E-state index contributed by atoms with van der Waals surface area (Å²) in [6.07, 6.45) is -2.95. The van der Waals surface area contributed by atoms with E-state index in [-0.39, 0.29) is 50.3 Å². The first-order valence-corrected chi connectivity index (χ1v) is 32.5. The third kappa shape index (κ3) is 15.7. The third-order valence-electron chi connectivity index (χ3n) is 18.3. The fourth-order valence-corrected chi connectivity index (χ4v) is 18.3. The number of hydrogen-bond donors (Lipinski definition) is 5. The Bertz CT molecular complexity index is 2360. The smallest absolute Gasteiger partial charge is 0.309 e. The molecular weight excluding hydrogens is 1110 g/mol. The molecule has 3 aromatic carbocycles. The fourth-order valence-electron chi connectivity index (χ4n) is 13.6. The number of unbranched alkanes of at least 4 members (excludes halogenated alkanes) is 4. The van der Waals surface area contributed by atoms with Gasteiger partial charge in [-0.05, 0) is 179 Å². The molecule has 5 N–H and O–H groups in total. The van der Waals surface area contributed by atoms with Crippen molar-refractivity contribution in [1.29, 1.82) is 0 Å². The highest BCUT2D eigenvalue weighted by Gasteiger charge is 2.55. The number of likely N-dealkylation sites (N-methyl/N-ethyl adjacent to an activating group) is 1. The van der Waals surface area contributed by atoms with Crippen LogP contribution < -0.4 is 15.9 Å². The minimum Gasteiger partial charge on any atom is -0.459 e. The number of benzene rings is 3. The maximum atomic E-state index is 14.9. The summed E-state index contributed by atoms with van der Waals surface area (Å²) in [5, 5.41) is 66.7. The monoisotopic (exact) mass is 1210 g/mol. The molecule has 0 aromatic heterocycles. The van der Waals surface area contributed by atoms with Gasteiger partial charge in [0.05, 0.1) is 53.7 Å². The molecule has 0 aliphatic carbocycles. The number of methoxy groups -OCH3 is 1. The first kappa shape index (κ1) is 67.6. The van der Waals surface area contributed by atoms with E-state index in [9.17, 15) is 35.1 Å². The largest absolute Gasteiger partial charge is 0.459 e. The Morgan fingerprint density at radius 3 is 1.79 bits per heavy atom. The van der Waals surface area contributed by atoms with E-state index >= 15 is 0 Å². The molecule has 0 bridgehead atoms. The number of cyclic esters (lactones) is 1. The number of aliphatic hydroxyl groups excluding tert-OH is 3. The van der Waals surface area contributed by atoms with Crippen LogP contribution in [0.2, 0.25) is 15.1 Å². The molecule has 0 radical (unpaired) electrons. The molecule has 3 aromatic rings. The Kier molecular flexibility index (Phi) is 24.0. The quantitative estimate of drug-likeness (QED) is 0.0489. The zero-order valence-electron chi connectivity index (χ0n) is 50.1. The predicted molar refractivity (Wildman–Crippen MR) is 325 cm³/mol. The van der Waals surface area contributed by atoms with E-state index in [0.717, 1.165) is 31.8 Å². The Labute approximate surface area is 498 Å². The SMILES string of the molecule is CC[C@H]1OC(=O)[C@H](C)[C@@H](C2C[C@@](C)(OC)[C@@H](O)[C@H](C)O2)[C@H](C)[C@@H](O[C@@H]2O[C@H](C)C[C@H](N(C)C)[C@H]2O)[C@](C)(O)C[C@@H](C)CN(C(=O)CCCCCCC[P+](c2ccc(Cl)cc2)(c2ccc(Cl)cc2)c2ccc(Cl)cc2)[C@H](C)[C@@H](O)[C@]1(C)O. The molecule has 3 aliphatic rings. The molecule has 14 nitrogen and oxygen atoms in total. The maximum Gasteiger partial charge on any atom is 0.309 e. The van der Waals surface area contributed by atoms with E-state index in [1.807, 2.05) is 76.2 Å². The number of carbonyl (C=O) groups excluding carboxylic acids is 2. The minimum atomic E-state index is -2.20. The van der Waals surface area contributed by atoms with Crippen molar-refractivity contribution in [3.8, 4) is 0 Å². The van der Waals surface area contributed by atoms with E-state index < -0.39 is 109 Å². The second-order valence-electron chi connectivity index (χ2n) is 24.8. The molecular formula is C63H95Cl3N2O12P+. The lowest BCUT2D eigenvalue weighted by Gasteiger charge is -2.51. The van der Waals surface area contributed by atoms with Crippen LogP contribution in [-0.4, -0.2) is 165 Å². The Hall–Kier alpha value is -2.50. The molecule has 454 valence electrons. The summed E-state index contributed by atoms with van der Waals surface area (Å²) >= 11 is 19.3. The Morgan fingerprint density at radius 2 is 1.28 bits per heavy atom. The van der Waals surface area contributed by atoms with Crippen LogP contribution in [0.5, 0.6) is 0 Å². The number of rotatable bonds is 17. The molecule has 18 atom stereocenters. The van der Waals surface area contributed by atoms with Gasteiger partial charge in [-0.3, -0.25) is 9.59 Å². The van der Waals surface area contributed by atoms with Crippen molar-refractivity contribution in [2.75, 3.05) is 33.9 Å². The summed E-state index contributed by atoms with van der Waals surface area (Å²) in [6.45, 7) is 17.7. The first-order chi connectivity index (χ1) is 38.0. The van der Waals surface area contributed by atoms with E-state index in [1.165, 1.54) is 29.9 Å². The minimum absolute atomic E-state index is 0.0756. The van der Waals surface area contributed by atoms with E-state index in [2.05, 4.69) is 36.4 Å². The number of halogens is 3. The van der Waals surface area contributed by atoms with Gasteiger partial charge in [0.2, 0.25) is 5.91 Å². The van der Waals surface area contributed by atoms with Gasteiger partial charge in [0.1, 0.15) is 53.2 Å². The Morgan fingerprint density at radius 1 is 0.765 bits per heavy atom. The summed E-state index contributed by atoms with van der Waals surface area (Å²) in [4.78, 5) is 33.2. The van der Waals surface area contributed by atoms with Crippen LogP contribution in [0.15, 0.2) is 72.8 Å². The van der Waals surface area contributed by atoms with Crippen LogP contribution in [0.4, 0.5) is 0 Å². The number of nitrogens with zero attached hydrogens (tertiary/aromatic N) is 2. The van der Waals surface area contributed by atoms with E-state index in [0.29, 0.717) is 27.9 Å². The zero-order chi connectivity index (χ0) is 59.9. The number of hydrogen-bond acceptors (Lipinski definition) is 13. The summed E-state index contributed by atoms with van der Waals surface area (Å²) in [6, 6.07) is 23.1. The van der Waals surface area contributed by atoms with Gasteiger partial charge < -0.3 is 59.0 Å². The highest BCUT2D eigenvalue weighted by Crippen LogP contribution is 2.56. The summed E-state index contributed by atoms with van der Waals surface area (Å²) < 4.78 is 32.2. The van der Waals surface area contributed by atoms with Crippen molar-refractivity contribution < 1.29 is 58.8 Å². The van der Waals surface area contributed by atoms with Crippen LogP contribution in [0.25, 0.3) is 0 Å². The van der Waals surface area contributed by atoms with Gasteiger partial charge >= 0.3 is 5.97 Å². The normalized spacial score (nSPS) is 36.0. The average molecular weight is 1210 g/mol. The highest BCUT2D eigenvalue weighted by atomic mass is 35.5. The molecule has 3 fully saturated rings. The molecule has 0 spiro atoms. The molecule has 3 saturated heterocycles. The molecule has 1 unspecified atom stereocenters. The van der Waals surface area contributed by atoms with Crippen molar-refractivity contribution in [1.82, 2.24) is 9.80 Å². The summed E-state index contributed by atoms with van der Waals surface area (Å²) in [5.41, 5.74) is -4.80. The van der Waals surface area contributed by atoms with Crippen LogP contribution in [0.3, 0.4) is 0 Å². The van der Waals surface area contributed by atoms with Crippen LogP contribution >= 0.6 is 42.1 Å². The average Bonchev–Trinajstić information content (AvgIpc) is 3.41. The Balaban J connectivity index is 1.28. The van der Waals surface area contributed by atoms with E-state index in [4.69, 9.17) is 58.5 Å². The van der Waals surface area contributed by atoms with Gasteiger partial charge in [0, 0.05) is 53.5 Å². The van der Waals surface area contributed by atoms with Crippen molar-refractivity contribution in [3.63, 3.8) is 0 Å². The van der Waals surface area contributed by atoms with E-state index in [1.54, 1.807) is 46.4 Å². The molecule has 81 heavy (non-hydrogen) atoms. The van der Waals surface area contributed by atoms with Gasteiger partial charge in [0.15, 0.2) is 6.29 Å². The van der Waals surface area contributed by atoms with Crippen molar-refractivity contribution in [2.45, 2.75) is 217 Å². The van der Waals surface area contributed by atoms with Crippen LogP contribution in [0, 0.1) is 23.7 Å². The second kappa shape index (κ2) is 28.8. The fraction of sp³-hybridized carbons (Fsp3) is 0.683. The lowest BCUT2D eigenvalue weighted by atomic mass is 9.68. The lowest BCUT2D eigenvalue weighted by molar-refractivity contribution is -0.302.